The van der Waals surface area contributed by atoms with Crippen LogP contribution in [0.2, 0.25) is 0 Å². The van der Waals surface area contributed by atoms with Gasteiger partial charge in [-0.15, -0.1) is 0 Å². The van der Waals surface area contributed by atoms with E-state index in [1.54, 1.807) is 14.0 Å². The fourth-order valence-electron chi connectivity index (χ4n) is 0.862. The first kappa shape index (κ1) is 12.4. The van der Waals surface area contributed by atoms with E-state index in [9.17, 15) is 4.79 Å². The number of carboxylic acid groups (broad SMARTS) is 1. The van der Waals surface area contributed by atoms with Crippen LogP contribution < -0.4 is 5.32 Å². The Morgan fingerprint density at radius 3 is 2.62 bits per heavy atom. The molecular weight excluding hydrogens is 170 g/mol. The standard InChI is InChI=1S/C9H19NO3/c1-7(9(11)12)6-10-8(2)4-5-13-3/h7-8,10H,4-6H2,1-3H3,(H,11,12). The smallest absolute Gasteiger partial charge is 0.307 e. The predicted molar refractivity (Wildman–Crippen MR) is 50.8 cm³/mol. The average molecular weight is 189 g/mol. The summed E-state index contributed by atoms with van der Waals surface area (Å²) >= 11 is 0. The lowest BCUT2D eigenvalue weighted by Gasteiger charge is -2.14. The second-order valence-electron chi connectivity index (χ2n) is 3.33. The minimum absolute atomic E-state index is 0.307. The average Bonchev–Trinajstić information content (AvgIpc) is 2.10. The van der Waals surface area contributed by atoms with Crippen LogP contribution in [0.1, 0.15) is 20.3 Å². The number of hydrogen-bond acceptors (Lipinski definition) is 3. The van der Waals surface area contributed by atoms with E-state index >= 15 is 0 Å². The Morgan fingerprint density at radius 1 is 1.54 bits per heavy atom. The molecule has 0 aromatic rings. The molecule has 0 fully saturated rings. The Labute approximate surface area is 79.3 Å². The number of aliphatic carboxylic acids is 1. The molecule has 2 unspecified atom stereocenters. The van der Waals surface area contributed by atoms with Crippen molar-refractivity contribution in [3.63, 3.8) is 0 Å². The van der Waals surface area contributed by atoms with Gasteiger partial charge in [-0.25, -0.2) is 0 Å². The van der Waals surface area contributed by atoms with Gasteiger partial charge in [-0.05, 0) is 13.3 Å². The Hall–Kier alpha value is -0.610. The zero-order chi connectivity index (χ0) is 10.3. The van der Waals surface area contributed by atoms with Gasteiger partial charge in [-0.2, -0.15) is 0 Å². The van der Waals surface area contributed by atoms with E-state index in [1.165, 1.54) is 0 Å². The highest BCUT2D eigenvalue weighted by Gasteiger charge is 2.11. The molecule has 0 aromatic carbocycles. The lowest BCUT2D eigenvalue weighted by molar-refractivity contribution is -0.140. The maximum Gasteiger partial charge on any atom is 0.307 e. The van der Waals surface area contributed by atoms with E-state index in [2.05, 4.69) is 5.32 Å². The first-order chi connectivity index (χ1) is 6.07. The van der Waals surface area contributed by atoms with Crippen molar-refractivity contribution in [2.45, 2.75) is 26.3 Å². The van der Waals surface area contributed by atoms with Crippen molar-refractivity contribution in [3.05, 3.63) is 0 Å². The summed E-state index contributed by atoms with van der Waals surface area (Å²) in [4.78, 5) is 10.5. The van der Waals surface area contributed by atoms with Crippen LogP contribution >= 0.6 is 0 Å². The molecule has 4 nitrogen and oxygen atoms in total. The zero-order valence-electron chi connectivity index (χ0n) is 8.54. The normalized spacial score (nSPS) is 15.3. The van der Waals surface area contributed by atoms with Crippen molar-refractivity contribution >= 4 is 5.97 Å². The first-order valence-electron chi connectivity index (χ1n) is 4.53. The third kappa shape index (κ3) is 6.54. The van der Waals surface area contributed by atoms with Crippen LogP contribution in [0.25, 0.3) is 0 Å². The maximum atomic E-state index is 10.5. The van der Waals surface area contributed by atoms with Crippen molar-refractivity contribution in [2.75, 3.05) is 20.3 Å². The lowest BCUT2D eigenvalue weighted by Crippen LogP contribution is -2.33. The number of methoxy groups -OCH3 is 1. The van der Waals surface area contributed by atoms with E-state index in [-0.39, 0.29) is 5.92 Å². The topological polar surface area (TPSA) is 58.6 Å². The van der Waals surface area contributed by atoms with Crippen LogP contribution in [0, 0.1) is 5.92 Å². The molecule has 2 atom stereocenters. The number of ether oxygens (including phenoxy) is 1. The molecule has 0 spiro atoms. The first-order valence-corrected chi connectivity index (χ1v) is 4.53. The number of rotatable bonds is 7. The largest absolute Gasteiger partial charge is 0.481 e. The Kier molecular flexibility index (Phi) is 6.54. The highest BCUT2D eigenvalue weighted by Crippen LogP contribution is 1.95. The molecule has 0 rings (SSSR count). The van der Waals surface area contributed by atoms with Gasteiger partial charge in [0, 0.05) is 26.3 Å². The fourth-order valence-corrected chi connectivity index (χ4v) is 0.862. The van der Waals surface area contributed by atoms with Gasteiger partial charge in [0.05, 0.1) is 5.92 Å². The van der Waals surface area contributed by atoms with Gasteiger partial charge in [-0.1, -0.05) is 6.92 Å². The van der Waals surface area contributed by atoms with Crippen LogP contribution in [0.5, 0.6) is 0 Å². The number of carbonyl (C=O) groups is 1. The molecule has 0 amide bonds. The van der Waals surface area contributed by atoms with Crippen LogP contribution in [0.4, 0.5) is 0 Å². The van der Waals surface area contributed by atoms with Crippen molar-refractivity contribution in [2.24, 2.45) is 5.92 Å². The summed E-state index contributed by atoms with van der Waals surface area (Å²) in [5.74, 6) is -1.09. The van der Waals surface area contributed by atoms with Crippen LogP contribution in [0.15, 0.2) is 0 Å². The third-order valence-electron chi connectivity index (χ3n) is 1.95. The predicted octanol–water partition coefficient (Wildman–Crippen LogP) is 0.722. The third-order valence-corrected chi connectivity index (χ3v) is 1.95. The van der Waals surface area contributed by atoms with Gasteiger partial charge in [-0.3, -0.25) is 4.79 Å². The van der Waals surface area contributed by atoms with E-state index in [1.807, 2.05) is 6.92 Å². The molecule has 0 saturated heterocycles. The maximum absolute atomic E-state index is 10.5. The van der Waals surface area contributed by atoms with Crippen molar-refractivity contribution in [1.29, 1.82) is 0 Å². The summed E-state index contributed by atoms with van der Waals surface area (Å²) in [6.07, 6.45) is 0.906. The number of hydrogen-bond donors (Lipinski definition) is 2. The highest BCUT2D eigenvalue weighted by molar-refractivity contribution is 5.69. The summed E-state index contributed by atoms with van der Waals surface area (Å²) in [7, 11) is 1.66. The van der Waals surface area contributed by atoms with E-state index < -0.39 is 5.97 Å². The summed E-state index contributed by atoms with van der Waals surface area (Å²) < 4.78 is 4.91. The summed E-state index contributed by atoms with van der Waals surface area (Å²) in [5.41, 5.74) is 0. The fraction of sp³-hybridized carbons (Fsp3) is 0.889. The van der Waals surface area contributed by atoms with E-state index in [4.69, 9.17) is 9.84 Å². The number of nitrogens with one attached hydrogen (secondary N) is 1. The van der Waals surface area contributed by atoms with E-state index in [0.717, 1.165) is 6.42 Å². The second kappa shape index (κ2) is 6.86. The molecule has 0 aliphatic rings. The zero-order valence-corrected chi connectivity index (χ0v) is 8.54. The molecule has 2 N–H and O–H groups in total. The van der Waals surface area contributed by atoms with Crippen molar-refractivity contribution in [3.8, 4) is 0 Å². The molecule has 13 heavy (non-hydrogen) atoms. The molecule has 0 heterocycles. The van der Waals surface area contributed by atoms with Gasteiger partial charge >= 0.3 is 5.97 Å². The molecular formula is C9H19NO3. The molecule has 0 aliphatic heterocycles. The number of carboxylic acids is 1. The van der Waals surface area contributed by atoms with Gasteiger partial charge in [0.15, 0.2) is 0 Å². The molecule has 78 valence electrons. The van der Waals surface area contributed by atoms with Gasteiger partial charge in [0.1, 0.15) is 0 Å². The molecule has 0 saturated carbocycles. The molecule has 0 bridgehead atoms. The molecule has 0 aromatic heterocycles. The quantitative estimate of drug-likeness (QED) is 0.619. The monoisotopic (exact) mass is 189 g/mol. The Bertz CT molecular complexity index is 150. The minimum atomic E-state index is -0.758. The van der Waals surface area contributed by atoms with Gasteiger partial charge < -0.3 is 15.2 Å². The minimum Gasteiger partial charge on any atom is -0.481 e. The molecule has 0 aliphatic carbocycles. The molecule has 0 radical (unpaired) electrons. The summed E-state index contributed by atoms with van der Waals surface area (Å²) in [5, 5.41) is 11.7. The van der Waals surface area contributed by atoms with Crippen LogP contribution in [-0.4, -0.2) is 37.4 Å². The van der Waals surface area contributed by atoms with Crippen LogP contribution in [-0.2, 0) is 9.53 Å². The van der Waals surface area contributed by atoms with Gasteiger partial charge in [0.25, 0.3) is 0 Å². The molecule has 4 heteroatoms. The van der Waals surface area contributed by atoms with Crippen molar-refractivity contribution < 1.29 is 14.6 Å². The lowest BCUT2D eigenvalue weighted by atomic mass is 10.1. The Balaban J connectivity index is 3.45. The highest BCUT2D eigenvalue weighted by atomic mass is 16.5. The second-order valence-corrected chi connectivity index (χ2v) is 3.33. The Morgan fingerprint density at radius 2 is 2.15 bits per heavy atom. The summed E-state index contributed by atoms with van der Waals surface area (Å²) in [6, 6.07) is 0.307. The van der Waals surface area contributed by atoms with Crippen molar-refractivity contribution in [1.82, 2.24) is 5.32 Å². The van der Waals surface area contributed by atoms with Gasteiger partial charge in [0.2, 0.25) is 0 Å². The summed E-state index contributed by atoms with van der Waals surface area (Å²) in [6.45, 7) is 4.93. The van der Waals surface area contributed by atoms with Crippen LogP contribution in [0.3, 0.4) is 0 Å². The SMILES string of the molecule is COCCC(C)NCC(C)C(=O)O. The van der Waals surface area contributed by atoms with E-state index in [0.29, 0.717) is 19.2 Å².